The van der Waals surface area contributed by atoms with Crippen LogP contribution in [0.25, 0.3) is 0 Å². The topological polar surface area (TPSA) is 74.7 Å². The molecule has 9 heteroatoms. The molecule has 0 saturated carbocycles. The van der Waals surface area contributed by atoms with Crippen molar-refractivity contribution >= 4 is 16.0 Å². The van der Waals surface area contributed by atoms with Crippen molar-refractivity contribution < 1.29 is 31.5 Å². The van der Waals surface area contributed by atoms with E-state index in [0.29, 0.717) is 0 Å². The molecule has 1 N–H and O–H groups in total. The Kier molecular flexibility index (Phi) is 4.48. The Balaban J connectivity index is 2.31. The van der Waals surface area contributed by atoms with Gasteiger partial charge in [0.15, 0.2) is 0 Å². The quantitative estimate of drug-likeness (QED) is 0.917. The Morgan fingerprint density at radius 1 is 1.18 bits per heavy atom. The molecule has 1 heterocycles. The van der Waals surface area contributed by atoms with E-state index in [1.54, 1.807) is 0 Å². The predicted octanol–water partition coefficient (Wildman–Crippen LogP) is 2.19. The number of aliphatic carboxylic acids is 1. The third kappa shape index (κ3) is 3.25. The highest BCUT2D eigenvalue weighted by molar-refractivity contribution is 7.89. The van der Waals surface area contributed by atoms with Crippen LogP contribution in [0.15, 0.2) is 29.2 Å². The van der Waals surface area contributed by atoms with E-state index in [9.17, 15) is 26.4 Å². The van der Waals surface area contributed by atoms with Crippen molar-refractivity contribution in [3.63, 3.8) is 0 Å². The van der Waals surface area contributed by atoms with Crippen LogP contribution < -0.4 is 0 Å². The highest BCUT2D eigenvalue weighted by Crippen LogP contribution is 2.35. The summed E-state index contributed by atoms with van der Waals surface area (Å²) in [5.74, 6) is -1.68. The molecule has 0 aliphatic carbocycles. The molecule has 1 saturated heterocycles. The van der Waals surface area contributed by atoms with Crippen LogP contribution in [-0.2, 0) is 21.0 Å². The minimum absolute atomic E-state index is 0.0861. The number of halogens is 3. The van der Waals surface area contributed by atoms with Gasteiger partial charge in [-0.2, -0.15) is 17.5 Å². The van der Waals surface area contributed by atoms with Gasteiger partial charge in [0.1, 0.15) is 0 Å². The first kappa shape index (κ1) is 16.8. The summed E-state index contributed by atoms with van der Waals surface area (Å²) < 4.78 is 64.6. The zero-order chi connectivity index (χ0) is 16.5. The van der Waals surface area contributed by atoms with E-state index in [0.717, 1.165) is 22.5 Å². The maximum absolute atomic E-state index is 13.0. The Hall–Kier alpha value is -1.61. The first-order valence-electron chi connectivity index (χ1n) is 6.53. The van der Waals surface area contributed by atoms with Crippen LogP contribution in [0.3, 0.4) is 0 Å². The number of rotatable bonds is 3. The molecule has 1 aliphatic heterocycles. The Bertz CT molecular complexity index is 664. The van der Waals surface area contributed by atoms with E-state index in [-0.39, 0.29) is 25.9 Å². The van der Waals surface area contributed by atoms with E-state index in [1.807, 2.05) is 0 Å². The van der Waals surface area contributed by atoms with Crippen molar-refractivity contribution in [1.29, 1.82) is 0 Å². The summed E-state index contributed by atoms with van der Waals surface area (Å²) in [5, 5.41) is 8.88. The molecule has 0 aromatic heterocycles. The van der Waals surface area contributed by atoms with E-state index in [4.69, 9.17) is 5.11 Å². The lowest BCUT2D eigenvalue weighted by Gasteiger charge is -2.30. The number of sulfonamides is 1. The van der Waals surface area contributed by atoms with Gasteiger partial charge in [-0.1, -0.05) is 12.1 Å². The van der Waals surface area contributed by atoms with Crippen LogP contribution >= 0.6 is 0 Å². The van der Waals surface area contributed by atoms with Crippen molar-refractivity contribution in [3.05, 3.63) is 29.8 Å². The number of alkyl halides is 3. The van der Waals surface area contributed by atoms with Gasteiger partial charge < -0.3 is 5.11 Å². The van der Waals surface area contributed by atoms with Crippen molar-refractivity contribution in [2.24, 2.45) is 5.92 Å². The number of hydrogen-bond donors (Lipinski definition) is 1. The van der Waals surface area contributed by atoms with Gasteiger partial charge in [-0.25, -0.2) is 8.42 Å². The van der Waals surface area contributed by atoms with Gasteiger partial charge in [0.25, 0.3) is 0 Å². The summed E-state index contributed by atoms with van der Waals surface area (Å²) in [6, 6.07) is 3.99. The highest BCUT2D eigenvalue weighted by atomic mass is 32.2. The first-order valence-corrected chi connectivity index (χ1v) is 7.97. The van der Waals surface area contributed by atoms with Gasteiger partial charge in [-0.05, 0) is 25.0 Å². The van der Waals surface area contributed by atoms with E-state index in [1.165, 1.54) is 6.07 Å². The fourth-order valence-corrected chi connectivity index (χ4v) is 4.09. The van der Waals surface area contributed by atoms with Crippen molar-refractivity contribution in [3.8, 4) is 0 Å². The Labute approximate surface area is 125 Å². The zero-order valence-corrected chi connectivity index (χ0v) is 12.2. The third-order valence-electron chi connectivity index (χ3n) is 3.61. The average molecular weight is 337 g/mol. The summed E-state index contributed by atoms with van der Waals surface area (Å²) in [4.78, 5) is 10.1. The molecule has 1 aliphatic rings. The SMILES string of the molecule is O=C(O)C1CCN(S(=O)(=O)c2ccccc2C(F)(F)F)CC1. The van der Waals surface area contributed by atoms with Crippen LogP contribution in [0.1, 0.15) is 18.4 Å². The Morgan fingerprint density at radius 2 is 1.73 bits per heavy atom. The van der Waals surface area contributed by atoms with Gasteiger partial charge in [0.2, 0.25) is 10.0 Å². The van der Waals surface area contributed by atoms with Crippen LogP contribution in [0.5, 0.6) is 0 Å². The molecule has 22 heavy (non-hydrogen) atoms. The van der Waals surface area contributed by atoms with Gasteiger partial charge in [0.05, 0.1) is 16.4 Å². The molecule has 0 spiro atoms. The minimum Gasteiger partial charge on any atom is -0.481 e. The van der Waals surface area contributed by atoms with E-state index in [2.05, 4.69) is 0 Å². The second-order valence-corrected chi connectivity index (χ2v) is 6.92. The average Bonchev–Trinajstić information content (AvgIpc) is 2.46. The van der Waals surface area contributed by atoms with Crippen LogP contribution in [0.4, 0.5) is 13.2 Å². The molecule has 5 nitrogen and oxygen atoms in total. The molecule has 0 atom stereocenters. The second-order valence-electron chi connectivity index (χ2n) is 5.01. The van der Waals surface area contributed by atoms with E-state index >= 15 is 0 Å². The molecule has 0 amide bonds. The molecule has 0 bridgehead atoms. The largest absolute Gasteiger partial charge is 0.481 e. The number of carboxylic acids is 1. The summed E-state index contributed by atoms with van der Waals surface area (Å²) in [7, 11) is -4.30. The molecule has 0 radical (unpaired) electrons. The summed E-state index contributed by atoms with van der Waals surface area (Å²) in [6.07, 6.45) is -4.60. The number of carbonyl (C=O) groups is 1. The van der Waals surface area contributed by atoms with Gasteiger partial charge in [0, 0.05) is 13.1 Å². The second kappa shape index (κ2) is 5.88. The fraction of sp³-hybridized carbons (Fsp3) is 0.462. The van der Waals surface area contributed by atoms with E-state index < -0.39 is 38.5 Å². The molecule has 1 aromatic rings. The van der Waals surface area contributed by atoms with Crippen LogP contribution in [0.2, 0.25) is 0 Å². The zero-order valence-electron chi connectivity index (χ0n) is 11.4. The molecule has 1 fully saturated rings. The maximum atomic E-state index is 13.0. The summed E-state index contributed by atoms with van der Waals surface area (Å²) in [5.41, 5.74) is -1.21. The number of benzene rings is 1. The monoisotopic (exact) mass is 337 g/mol. The summed E-state index contributed by atoms with van der Waals surface area (Å²) >= 11 is 0. The fourth-order valence-electron chi connectivity index (χ4n) is 2.41. The van der Waals surface area contributed by atoms with Gasteiger partial charge in [-0.15, -0.1) is 0 Å². The molecule has 122 valence electrons. The van der Waals surface area contributed by atoms with Crippen molar-refractivity contribution in [1.82, 2.24) is 4.31 Å². The smallest absolute Gasteiger partial charge is 0.417 e. The highest BCUT2D eigenvalue weighted by Gasteiger charge is 2.40. The molecule has 1 aromatic carbocycles. The number of hydrogen-bond acceptors (Lipinski definition) is 3. The van der Waals surface area contributed by atoms with Crippen molar-refractivity contribution in [2.75, 3.05) is 13.1 Å². The standard InChI is InChI=1S/C13H14F3NO4S/c14-13(15,16)10-3-1-2-4-11(10)22(20,21)17-7-5-9(6-8-17)12(18)19/h1-4,9H,5-8H2,(H,18,19). The predicted molar refractivity (Wildman–Crippen MR) is 70.6 cm³/mol. The van der Waals surface area contributed by atoms with Crippen molar-refractivity contribution in [2.45, 2.75) is 23.9 Å². The Morgan fingerprint density at radius 3 is 2.23 bits per heavy atom. The molecule has 0 unspecified atom stereocenters. The lowest BCUT2D eigenvalue weighted by molar-refractivity contribution is -0.143. The molecular weight excluding hydrogens is 323 g/mol. The lowest BCUT2D eigenvalue weighted by atomic mass is 9.99. The minimum atomic E-state index is -4.77. The number of piperidine rings is 1. The van der Waals surface area contributed by atoms with Gasteiger partial charge >= 0.3 is 12.1 Å². The molecular formula is C13H14F3NO4S. The normalized spacial score (nSPS) is 18.3. The lowest BCUT2D eigenvalue weighted by Crippen LogP contribution is -2.40. The van der Waals surface area contributed by atoms with Crippen LogP contribution in [0, 0.1) is 5.92 Å². The summed E-state index contributed by atoms with van der Waals surface area (Å²) in [6.45, 7) is -0.211. The number of carboxylic acid groups (broad SMARTS) is 1. The maximum Gasteiger partial charge on any atom is 0.417 e. The first-order chi connectivity index (χ1) is 10.1. The molecule has 2 rings (SSSR count). The third-order valence-corrected chi connectivity index (χ3v) is 5.57. The van der Waals surface area contributed by atoms with Crippen LogP contribution in [-0.4, -0.2) is 36.9 Å². The van der Waals surface area contributed by atoms with Gasteiger partial charge in [-0.3, -0.25) is 4.79 Å². The number of nitrogens with zero attached hydrogens (tertiary/aromatic N) is 1.